The van der Waals surface area contributed by atoms with E-state index in [2.05, 4.69) is 22.2 Å². The van der Waals surface area contributed by atoms with Gasteiger partial charge in [-0.25, -0.2) is 0 Å². The van der Waals surface area contributed by atoms with Crippen molar-refractivity contribution in [1.82, 2.24) is 20.2 Å². The van der Waals surface area contributed by atoms with Gasteiger partial charge in [-0.3, -0.25) is 19.6 Å². The van der Waals surface area contributed by atoms with Gasteiger partial charge in [0.05, 0.1) is 23.4 Å². The van der Waals surface area contributed by atoms with Crippen molar-refractivity contribution in [1.29, 1.82) is 0 Å². The maximum atomic E-state index is 12.9. The third-order valence-corrected chi connectivity index (χ3v) is 4.76. The van der Waals surface area contributed by atoms with Gasteiger partial charge in [-0.1, -0.05) is 13.0 Å². The zero-order valence-electron chi connectivity index (χ0n) is 15.0. The number of likely N-dealkylation sites (tertiary alicyclic amines) is 1. The number of rotatable bonds is 5. The van der Waals surface area contributed by atoms with Gasteiger partial charge >= 0.3 is 0 Å². The summed E-state index contributed by atoms with van der Waals surface area (Å²) in [7, 11) is 0. The third-order valence-electron chi connectivity index (χ3n) is 4.76. The first-order valence-electron chi connectivity index (χ1n) is 9.13. The average molecular weight is 352 g/mol. The molecule has 1 aliphatic rings. The first kappa shape index (κ1) is 18.0. The Morgan fingerprint density at radius 3 is 2.85 bits per heavy atom. The van der Waals surface area contributed by atoms with E-state index in [1.54, 1.807) is 18.5 Å². The summed E-state index contributed by atoms with van der Waals surface area (Å²) in [5, 5.41) is 2.81. The Morgan fingerprint density at radius 1 is 1.23 bits per heavy atom. The van der Waals surface area contributed by atoms with Crippen LogP contribution in [0.2, 0.25) is 0 Å². The van der Waals surface area contributed by atoms with E-state index in [1.165, 1.54) is 6.20 Å². The summed E-state index contributed by atoms with van der Waals surface area (Å²) in [6.45, 7) is 3.21. The normalized spacial score (nSPS) is 17.0. The van der Waals surface area contributed by atoms with Crippen LogP contribution in [-0.4, -0.2) is 39.3 Å². The molecule has 1 aliphatic heterocycles. The number of pyridine rings is 2. The van der Waals surface area contributed by atoms with Crippen LogP contribution in [-0.2, 0) is 6.54 Å². The Hall–Kier alpha value is -2.76. The Labute approximate surface area is 153 Å². The fourth-order valence-corrected chi connectivity index (χ4v) is 3.31. The van der Waals surface area contributed by atoms with Gasteiger partial charge in [0, 0.05) is 31.2 Å². The van der Waals surface area contributed by atoms with Gasteiger partial charge in [0.2, 0.25) is 0 Å². The molecule has 0 radical (unpaired) electrons. The van der Waals surface area contributed by atoms with Crippen LogP contribution in [0.1, 0.15) is 59.0 Å². The molecule has 1 fully saturated rings. The lowest BCUT2D eigenvalue weighted by atomic mass is 9.99. The molecule has 26 heavy (non-hydrogen) atoms. The molecule has 2 aromatic rings. The number of carbonyl (C=O) groups excluding carboxylic acids is 2. The molecule has 2 amide bonds. The van der Waals surface area contributed by atoms with Gasteiger partial charge in [-0.2, -0.15) is 0 Å². The van der Waals surface area contributed by atoms with Crippen molar-refractivity contribution in [3.63, 3.8) is 0 Å². The van der Waals surface area contributed by atoms with Crippen LogP contribution in [0.3, 0.4) is 0 Å². The Kier molecular flexibility index (Phi) is 5.94. The molecular weight excluding hydrogens is 328 g/mol. The zero-order chi connectivity index (χ0) is 18.4. The molecule has 0 saturated carbocycles. The predicted molar refractivity (Wildman–Crippen MR) is 98.6 cm³/mol. The van der Waals surface area contributed by atoms with Gasteiger partial charge in [-0.15, -0.1) is 0 Å². The molecule has 3 heterocycles. The molecule has 3 rings (SSSR count). The Bertz CT molecular complexity index is 763. The minimum Gasteiger partial charge on any atom is -0.346 e. The second kappa shape index (κ2) is 8.56. The zero-order valence-corrected chi connectivity index (χ0v) is 15.0. The third kappa shape index (κ3) is 4.25. The highest BCUT2D eigenvalue weighted by atomic mass is 16.2. The van der Waals surface area contributed by atoms with Gasteiger partial charge in [0.15, 0.2) is 0 Å². The fraction of sp³-hybridized carbons (Fsp3) is 0.400. The van der Waals surface area contributed by atoms with E-state index in [0.717, 1.165) is 37.9 Å². The summed E-state index contributed by atoms with van der Waals surface area (Å²) in [5.74, 6) is -0.299. The van der Waals surface area contributed by atoms with Gasteiger partial charge in [0.1, 0.15) is 0 Å². The summed E-state index contributed by atoms with van der Waals surface area (Å²) in [6, 6.07) is 7.45. The highest BCUT2D eigenvalue weighted by molar-refractivity contribution is 5.99. The maximum Gasteiger partial charge on any atom is 0.255 e. The highest BCUT2D eigenvalue weighted by Gasteiger charge is 2.26. The summed E-state index contributed by atoms with van der Waals surface area (Å²) in [5.41, 5.74) is 1.63. The maximum absolute atomic E-state index is 12.9. The number of piperidine rings is 1. The number of amides is 2. The van der Waals surface area contributed by atoms with Crippen LogP contribution in [0.5, 0.6) is 0 Å². The summed E-state index contributed by atoms with van der Waals surface area (Å²) < 4.78 is 0. The number of carbonyl (C=O) groups is 2. The molecule has 1 unspecified atom stereocenters. The number of aromatic nitrogens is 2. The fourth-order valence-electron chi connectivity index (χ4n) is 3.31. The van der Waals surface area contributed by atoms with Crippen molar-refractivity contribution in [2.75, 3.05) is 6.54 Å². The van der Waals surface area contributed by atoms with Crippen molar-refractivity contribution in [2.24, 2.45) is 0 Å². The molecule has 136 valence electrons. The molecule has 0 spiro atoms. The standard InChI is InChI=1S/C20H24N4O2/c1-2-18-8-4-6-10-24(18)20(26)16-11-15(12-21-13-16)19(25)23-14-17-7-3-5-9-22-17/h3,5,7,9,11-13,18H,2,4,6,8,10,14H2,1H3,(H,23,25). The molecule has 2 aromatic heterocycles. The highest BCUT2D eigenvalue weighted by Crippen LogP contribution is 2.21. The van der Waals surface area contributed by atoms with E-state index in [0.29, 0.717) is 17.7 Å². The second-order valence-electron chi connectivity index (χ2n) is 6.52. The molecule has 1 saturated heterocycles. The number of hydrogen-bond donors (Lipinski definition) is 1. The molecule has 0 bridgehead atoms. The van der Waals surface area contributed by atoms with Crippen molar-refractivity contribution in [3.8, 4) is 0 Å². The lowest BCUT2D eigenvalue weighted by Gasteiger charge is -2.35. The van der Waals surface area contributed by atoms with Crippen molar-refractivity contribution < 1.29 is 9.59 Å². The van der Waals surface area contributed by atoms with Crippen molar-refractivity contribution >= 4 is 11.8 Å². The Morgan fingerprint density at radius 2 is 2.08 bits per heavy atom. The van der Waals surface area contributed by atoms with Crippen molar-refractivity contribution in [2.45, 2.75) is 45.2 Å². The number of nitrogens with one attached hydrogen (secondary N) is 1. The Balaban J connectivity index is 1.69. The summed E-state index contributed by atoms with van der Waals surface area (Å²) in [6.07, 6.45) is 8.89. The minimum atomic E-state index is -0.261. The molecule has 0 aliphatic carbocycles. The first-order chi connectivity index (χ1) is 12.7. The van der Waals surface area contributed by atoms with E-state index >= 15 is 0 Å². The van der Waals surface area contributed by atoms with Crippen LogP contribution < -0.4 is 5.32 Å². The molecule has 1 N–H and O–H groups in total. The number of nitrogens with zero attached hydrogens (tertiary/aromatic N) is 3. The molecular formula is C20H24N4O2. The van der Waals surface area contributed by atoms with Crippen LogP contribution in [0, 0.1) is 0 Å². The first-order valence-corrected chi connectivity index (χ1v) is 9.13. The second-order valence-corrected chi connectivity index (χ2v) is 6.52. The molecule has 1 atom stereocenters. The SMILES string of the molecule is CCC1CCCCN1C(=O)c1cncc(C(=O)NCc2ccccn2)c1. The lowest BCUT2D eigenvalue weighted by Crippen LogP contribution is -2.43. The van der Waals surface area contributed by atoms with Gasteiger partial charge in [0.25, 0.3) is 11.8 Å². The minimum absolute atomic E-state index is 0.0385. The van der Waals surface area contributed by atoms with Crippen LogP contribution in [0.4, 0.5) is 0 Å². The van der Waals surface area contributed by atoms with E-state index in [1.807, 2.05) is 23.1 Å². The van der Waals surface area contributed by atoms with E-state index < -0.39 is 0 Å². The monoisotopic (exact) mass is 352 g/mol. The van der Waals surface area contributed by atoms with Crippen molar-refractivity contribution in [3.05, 3.63) is 59.7 Å². The smallest absolute Gasteiger partial charge is 0.255 e. The van der Waals surface area contributed by atoms with E-state index in [9.17, 15) is 9.59 Å². The summed E-state index contributed by atoms with van der Waals surface area (Å²) in [4.78, 5) is 35.5. The van der Waals surface area contributed by atoms with E-state index in [-0.39, 0.29) is 17.9 Å². The largest absolute Gasteiger partial charge is 0.346 e. The van der Waals surface area contributed by atoms with Crippen LogP contribution in [0.25, 0.3) is 0 Å². The lowest BCUT2D eigenvalue weighted by molar-refractivity contribution is 0.0607. The number of hydrogen-bond acceptors (Lipinski definition) is 4. The average Bonchev–Trinajstić information content (AvgIpc) is 2.72. The van der Waals surface area contributed by atoms with Gasteiger partial charge in [-0.05, 0) is 43.9 Å². The van der Waals surface area contributed by atoms with Gasteiger partial charge < -0.3 is 10.2 Å². The van der Waals surface area contributed by atoms with Crippen LogP contribution in [0.15, 0.2) is 42.9 Å². The quantitative estimate of drug-likeness (QED) is 0.898. The molecule has 6 nitrogen and oxygen atoms in total. The summed E-state index contributed by atoms with van der Waals surface area (Å²) >= 11 is 0. The molecule has 6 heteroatoms. The predicted octanol–water partition coefficient (Wildman–Crippen LogP) is 2.81. The molecule has 0 aromatic carbocycles. The van der Waals surface area contributed by atoms with Crippen LogP contribution >= 0.6 is 0 Å². The topological polar surface area (TPSA) is 75.2 Å². The van der Waals surface area contributed by atoms with E-state index in [4.69, 9.17) is 0 Å².